The standard InChI is InChI=1S/C14H19BrN2O3/c1-8(2)13(15)14(19)17-11-7-10(16-9(3)18)5-6-12(11)20-4/h5-8,13H,1-4H3,(H,16,18)(H,17,19). The lowest BCUT2D eigenvalue weighted by molar-refractivity contribution is -0.116. The van der Waals surface area contributed by atoms with Gasteiger partial charge in [-0.25, -0.2) is 0 Å². The van der Waals surface area contributed by atoms with E-state index in [0.29, 0.717) is 17.1 Å². The fraction of sp³-hybridized carbons (Fsp3) is 0.429. The van der Waals surface area contributed by atoms with Gasteiger partial charge in [-0.2, -0.15) is 0 Å². The maximum atomic E-state index is 12.1. The van der Waals surface area contributed by atoms with Crippen molar-refractivity contribution in [2.75, 3.05) is 17.7 Å². The van der Waals surface area contributed by atoms with Gasteiger partial charge < -0.3 is 15.4 Å². The summed E-state index contributed by atoms with van der Waals surface area (Å²) in [6, 6.07) is 5.07. The number of halogens is 1. The lowest BCUT2D eigenvalue weighted by atomic mass is 10.1. The van der Waals surface area contributed by atoms with Crippen molar-refractivity contribution in [3.63, 3.8) is 0 Å². The zero-order valence-electron chi connectivity index (χ0n) is 12.0. The first-order valence-corrected chi connectivity index (χ1v) is 7.17. The first kappa shape index (κ1) is 16.5. The van der Waals surface area contributed by atoms with E-state index in [1.807, 2.05) is 13.8 Å². The van der Waals surface area contributed by atoms with Gasteiger partial charge in [-0.1, -0.05) is 29.8 Å². The van der Waals surface area contributed by atoms with E-state index >= 15 is 0 Å². The van der Waals surface area contributed by atoms with Crippen LogP contribution in [0.15, 0.2) is 18.2 Å². The minimum Gasteiger partial charge on any atom is -0.495 e. The first-order valence-electron chi connectivity index (χ1n) is 6.25. The van der Waals surface area contributed by atoms with Crippen LogP contribution in [0, 0.1) is 5.92 Å². The van der Waals surface area contributed by atoms with E-state index in [4.69, 9.17) is 4.74 Å². The van der Waals surface area contributed by atoms with Crippen LogP contribution in [0.3, 0.4) is 0 Å². The van der Waals surface area contributed by atoms with E-state index < -0.39 is 0 Å². The highest BCUT2D eigenvalue weighted by atomic mass is 79.9. The normalized spacial score (nSPS) is 11.9. The number of alkyl halides is 1. The van der Waals surface area contributed by atoms with E-state index in [9.17, 15) is 9.59 Å². The molecule has 0 aliphatic carbocycles. The zero-order chi connectivity index (χ0) is 15.3. The lowest BCUT2D eigenvalue weighted by Gasteiger charge is -2.16. The molecule has 0 radical (unpaired) electrons. The van der Waals surface area contributed by atoms with E-state index in [0.717, 1.165) is 0 Å². The highest BCUT2D eigenvalue weighted by Gasteiger charge is 2.20. The number of methoxy groups -OCH3 is 1. The Balaban J connectivity index is 2.96. The van der Waals surface area contributed by atoms with E-state index in [1.54, 1.807) is 18.2 Å². The Morgan fingerprint density at radius 3 is 2.40 bits per heavy atom. The van der Waals surface area contributed by atoms with Gasteiger partial charge in [0.15, 0.2) is 0 Å². The lowest BCUT2D eigenvalue weighted by Crippen LogP contribution is -2.27. The molecule has 0 fully saturated rings. The van der Waals surface area contributed by atoms with Gasteiger partial charge in [-0.3, -0.25) is 9.59 Å². The summed E-state index contributed by atoms with van der Waals surface area (Å²) in [5.41, 5.74) is 1.12. The number of amides is 2. The highest BCUT2D eigenvalue weighted by molar-refractivity contribution is 9.10. The van der Waals surface area contributed by atoms with Crippen molar-refractivity contribution in [3.05, 3.63) is 18.2 Å². The third kappa shape index (κ3) is 4.52. The van der Waals surface area contributed by atoms with Gasteiger partial charge in [0.05, 0.1) is 17.6 Å². The van der Waals surface area contributed by atoms with E-state index in [2.05, 4.69) is 26.6 Å². The van der Waals surface area contributed by atoms with Crippen molar-refractivity contribution < 1.29 is 14.3 Å². The summed E-state index contributed by atoms with van der Waals surface area (Å²) < 4.78 is 5.20. The molecule has 0 spiro atoms. The van der Waals surface area contributed by atoms with Gasteiger partial charge in [-0.15, -0.1) is 0 Å². The summed E-state index contributed by atoms with van der Waals surface area (Å²) in [4.78, 5) is 22.8. The Morgan fingerprint density at radius 1 is 1.25 bits per heavy atom. The van der Waals surface area contributed by atoms with E-state index in [-0.39, 0.29) is 22.6 Å². The summed E-state index contributed by atoms with van der Waals surface area (Å²) in [6.07, 6.45) is 0. The van der Waals surface area contributed by atoms with Crippen molar-refractivity contribution in [1.82, 2.24) is 0 Å². The summed E-state index contributed by atoms with van der Waals surface area (Å²) >= 11 is 3.35. The second kappa shape index (κ2) is 7.28. The van der Waals surface area contributed by atoms with Crippen LogP contribution in [0.5, 0.6) is 5.75 Å². The first-order chi connectivity index (χ1) is 9.35. The molecule has 2 N–H and O–H groups in total. The minimum absolute atomic E-state index is 0.154. The maximum absolute atomic E-state index is 12.1. The predicted molar refractivity (Wildman–Crippen MR) is 83.5 cm³/mol. The molecule has 0 heterocycles. The number of rotatable bonds is 5. The molecule has 1 aromatic carbocycles. The Hall–Kier alpha value is -1.56. The van der Waals surface area contributed by atoms with Crippen LogP contribution in [0.1, 0.15) is 20.8 Å². The van der Waals surface area contributed by atoms with Crippen LogP contribution in [0.25, 0.3) is 0 Å². The average molecular weight is 343 g/mol. The van der Waals surface area contributed by atoms with Crippen molar-refractivity contribution in [1.29, 1.82) is 0 Å². The van der Waals surface area contributed by atoms with Crippen molar-refractivity contribution in [2.45, 2.75) is 25.6 Å². The Kier molecular flexibility index (Phi) is 6.01. The molecule has 0 bridgehead atoms. The number of carbonyl (C=O) groups excluding carboxylic acids is 2. The van der Waals surface area contributed by atoms with Crippen LogP contribution in [0.2, 0.25) is 0 Å². The molecule has 0 aliphatic heterocycles. The molecule has 2 amide bonds. The molecule has 1 atom stereocenters. The number of nitrogens with one attached hydrogen (secondary N) is 2. The fourth-order valence-electron chi connectivity index (χ4n) is 1.59. The second-order valence-electron chi connectivity index (χ2n) is 4.73. The monoisotopic (exact) mass is 342 g/mol. The summed E-state index contributed by atoms with van der Waals surface area (Å²) in [5.74, 6) is 0.377. The largest absolute Gasteiger partial charge is 0.495 e. The zero-order valence-corrected chi connectivity index (χ0v) is 13.6. The minimum atomic E-state index is -0.295. The van der Waals surface area contributed by atoms with Crippen LogP contribution >= 0.6 is 15.9 Å². The van der Waals surface area contributed by atoms with Crippen molar-refractivity contribution in [2.24, 2.45) is 5.92 Å². The quantitative estimate of drug-likeness (QED) is 0.808. The molecular formula is C14H19BrN2O3. The molecular weight excluding hydrogens is 324 g/mol. The molecule has 1 rings (SSSR count). The van der Waals surface area contributed by atoms with Crippen LogP contribution in [-0.4, -0.2) is 23.8 Å². The molecule has 0 saturated heterocycles. The van der Waals surface area contributed by atoms with Gasteiger partial charge in [0.1, 0.15) is 5.75 Å². The molecule has 0 aliphatic rings. The predicted octanol–water partition coefficient (Wildman–Crippen LogP) is 3.01. The van der Waals surface area contributed by atoms with E-state index in [1.165, 1.54) is 14.0 Å². The molecule has 0 aromatic heterocycles. The maximum Gasteiger partial charge on any atom is 0.238 e. The number of hydrogen-bond acceptors (Lipinski definition) is 3. The number of anilines is 2. The Morgan fingerprint density at radius 2 is 1.90 bits per heavy atom. The second-order valence-corrected chi connectivity index (χ2v) is 5.72. The smallest absolute Gasteiger partial charge is 0.238 e. The molecule has 20 heavy (non-hydrogen) atoms. The van der Waals surface area contributed by atoms with Crippen LogP contribution in [-0.2, 0) is 9.59 Å². The van der Waals surface area contributed by atoms with Crippen molar-refractivity contribution >= 4 is 39.1 Å². The molecule has 6 heteroatoms. The van der Waals surface area contributed by atoms with Gasteiger partial charge in [0.2, 0.25) is 11.8 Å². The van der Waals surface area contributed by atoms with Gasteiger partial charge in [-0.05, 0) is 24.1 Å². The summed E-state index contributed by atoms with van der Waals surface area (Å²) in [7, 11) is 1.52. The highest BCUT2D eigenvalue weighted by Crippen LogP contribution is 2.28. The fourth-order valence-corrected chi connectivity index (χ4v) is 1.71. The molecule has 110 valence electrons. The number of hydrogen-bond donors (Lipinski definition) is 2. The topological polar surface area (TPSA) is 67.4 Å². The summed E-state index contributed by atoms with van der Waals surface area (Å²) in [5, 5.41) is 5.46. The van der Waals surface area contributed by atoms with Crippen LogP contribution in [0.4, 0.5) is 11.4 Å². The van der Waals surface area contributed by atoms with Crippen LogP contribution < -0.4 is 15.4 Å². The van der Waals surface area contributed by atoms with Gasteiger partial charge in [0, 0.05) is 12.6 Å². The number of ether oxygens (including phenoxy) is 1. The Labute approximate surface area is 127 Å². The SMILES string of the molecule is COc1ccc(NC(C)=O)cc1NC(=O)C(Br)C(C)C. The molecule has 1 unspecified atom stereocenters. The third-order valence-corrected chi connectivity index (χ3v) is 4.09. The number of carbonyl (C=O) groups is 2. The number of benzene rings is 1. The third-order valence-electron chi connectivity index (χ3n) is 2.61. The van der Waals surface area contributed by atoms with Gasteiger partial charge >= 0.3 is 0 Å². The molecule has 1 aromatic rings. The summed E-state index contributed by atoms with van der Waals surface area (Å²) in [6.45, 7) is 5.32. The molecule has 5 nitrogen and oxygen atoms in total. The average Bonchev–Trinajstić information content (AvgIpc) is 2.37. The van der Waals surface area contributed by atoms with Crippen molar-refractivity contribution in [3.8, 4) is 5.75 Å². The van der Waals surface area contributed by atoms with Gasteiger partial charge in [0.25, 0.3) is 0 Å². The molecule has 0 saturated carbocycles. The Bertz CT molecular complexity index is 503.